The normalized spacial score (nSPS) is 21.8. The first-order valence-electron chi connectivity index (χ1n) is 6.99. The molecule has 1 saturated heterocycles. The molecule has 3 nitrogen and oxygen atoms in total. The number of carbonyl (C=O) groups excluding carboxylic acids is 1. The number of nitrogens with zero attached hydrogens (tertiary/aromatic N) is 1. The average molecular weight is 333 g/mol. The molecule has 2 unspecified atom stereocenters. The van der Waals surface area contributed by atoms with Gasteiger partial charge in [-0.25, -0.2) is 4.39 Å². The first-order chi connectivity index (χ1) is 9.58. The van der Waals surface area contributed by atoms with Crippen molar-refractivity contribution in [1.82, 2.24) is 10.2 Å². The molecule has 1 aliphatic rings. The van der Waals surface area contributed by atoms with Gasteiger partial charge in [0.25, 0.3) is 0 Å². The van der Waals surface area contributed by atoms with E-state index in [2.05, 4.69) is 19.2 Å². The fraction of sp³-hybridized carbons (Fsp3) is 0.533. The number of rotatable bonds is 4. The van der Waals surface area contributed by atoms with E-state index in [4.69, 9.17) is 0 Å². The second-order valence-electron chi connectivity index (χ2n) is 5.12. The Kier molecular flexibility index (Phi) is 7.49. The van der Waals surface area contributed by atoms with Crippen LogP contribution >= 0.6 is 24.2 Å². The molecule has 2 atom stereocenters. The topological polar surface area (TPSA) is 32.3 Å². The molecule has 0 saturated carbocycles. The highest BCUT2D eigenvalue weighted by atomic mass is 35.5. The first-order valence-corrected chi connectivity index (χ1v) is 7.97. The minimum atomic E-state index is -0.228. The molecule has 1 N–H and O–H groups in total. The highest BCUT2D eigenvalue weighted by molar-refractivity contribution is 7.99. The van der Waals surface area contributed by atoms with Crippen LogP contribution < -0.4 is 5.32 Å². The molecule has 0 aliphatic carbocycles. The van der Waals surface area contributed by atoms with E-state index in [0.717, 1.165) is 23.7 Å². The zero-order chi connectivity index (χ0) is 14.5. The Morgan fingerprint density at radius 2 is 2.05 bits per heavy atom. The van der Waals surface area contributed by atoms with Gasteiger partial charge in [-0.2, -0.15) is 0 Å². The van der Waals surface area contributed by atoms with Gasteiger partial charge in [0.15, 0.2) is 0 Å². The molecule has 1 amide bonds. The smallest absolute Gasteiger partial charge is 0.223 e. The van der Waals surface area contributed by atoms with Crippen LogP contribution in [0.1, 0.15) is 20.3 Å². The quantitative estimate of drug-likeness (QED) is 0.860. The van der Waals surface area contributed by atoms with Gasteiger partial charge in [-0.15, -0.1) is 24.2 Å². The number of hydrogen-bond donors (Lipinski definition) is 1. The van der Waals surface area contributed by atoms with Crippen molar-refractivity contribution in [2.24, 2.45) is 0 Å². The predicted octanol–water partition coefficient (Wildman–Crippen LogP) is 2.94. The molecule has 1 fully saturated rings. The molecule has 1 aromatic carbocycles. The number of nitrogens with one attached hydrogen (secondary N) is 1. The number of carbonyl (C=O) groups is 1. The third-order valence-corrected chi connectivity index (χ3v) is 4.77. The van der Waals surface area contributed by atoms with Gasteiger partial charge >= 0.3 is 0 Å². The largest absolute Gasteiger partial charge is 0.337 e. The molecule has 1 heterocycles. The number of halogens is 2. The molecule has 1 aliphatic heterocycles. The van der Waals surface area contributed by atoms with Gasteiger partial charge in [-0.05, 0) is 38.1 Å². The Morgan fingerprint density at radius 1 is 1.38 bits per heavy atom. The molecule has 6 heteroatoms. The van der Waals surface area contributed by atoms with Crippen LogP contribution in [-0.4, -0.2) is 41.7 Å². The van der Waals surface area contributed by atoms with Gasteiger partial charge < -0.3 is 10.2 Å². The molecule has 0 radical (unpaired) electrons. The maximum atomic E-state index is 12.8. The molecule has 2 rings (SSSR count). The van der Waals surface area contributed by atoms with E-state index in [9.17, 15) is 9.18 Å². The summed E-state index contributed by atoms with van der Waals surface area (Å²) in [7, 11) is 0. The highest BCUT2D eigenvalue weighted by Crippen LogP contribution is 2.20. The third kappa shape index (κ3) is 5.16. The van der Waals surface area contributed by atoms with E-state index in [-0.39, 0.29) is 30.2 Å². The van der Waals surface area contributed by atoms with Crippen molar-refractivity contribution < 1.29 is 9.18 Å². The average Bonchev–Trinajstić information content (AvgIpc) is 2.44. The fourth-order valence-corrected chi connectivity index (χ4v) is 3.18. The van der Waals surface area contributed by atoms with Gasteiger partial charge in [0.05, 0.1) is 0 Å². The van der Waals surface area contributed by atoms with Crippen molar-refractivity contribution >= 4 is 30.1 Å². The van der Waals surface area contributed by atoms with Crippen LogP contribution in [0.4, 0.5) is 4.39 Å². The Labute approximate surface area is 136 Å². The summed E-state index contributed by atoms with van der Waals surface area (Å²) in [5, 5.41) is 3.37. The Morgan fingerprint density at radius 3 is 2.71 bits per heavy atom. The van der Waals surface area contributed by atoms with Gasteiger partial charge in [0.2, 0.25) is 5.91 Å². The summed E-state index contributed by atoms with van der Waals surface area (Å²) in [5.74, 6) is 0.713. The maximum absolute atomic E-state index is 12.8. The number of thioether (sulfide) groups is 1. The second kappa shape index (κ2) is 8.61. The minimum absolute atomic E-state index is 0. The van der Waals surface area contributed by atoms with Crippen molar-refractivity contribution in [2.75, 3.05) is 18.8 Å². The second-order valence-corrected chi connectivity index (χ2v) is 6.29. The van der Waals surface area contributed by atoms with Crippen LogP contribution in [0.15, 0.2) is 29.2 Å². The van der Waals surface area contributed by atoms with Crippen molar-refractivity contribution in [3.63, 3.8) is 0 Å². The number of amides is 1. The molecule has 118 valence electrons. The fourth-order valence-electron chi connectivity index (χ4n) is 2.34. The lowest BCUT2D eigenvalue weighted by Gasteiger charge is -2.38. The predicted molar refractivity (Wildman–Crippen MR) is 87.6 cm³/mol. The molecule has 0 spiro atoms. The summed E-state index contributed by atoms with van der Waals surface area (Å²) < 4.78 is 12.8. The van der Waals surface area contributed by atoms with Crippen molar-refractivity contribution in [1.29, 1.82) is 0 Å². The van der Waals surface area contributed by atoms with E-state index >= 15 is 0 Å². The van der Waals surface area contributed by atoms with Crippen LogP contribution in [0.5, 0.6) is 0 Å². The van der Waals surface area contributed by atoms with Crippen molar-refractivity contribution in [3.05, 3.63) is 30.1 Å². The van der Waals surface area contributed by atoms with Crippen LogP contribution in [0, 0.1) is 5.82 Å². The molecule has 21 heavy (non-hydrogen) atoms. The number of hydrogen-bond acceptors (Lipinski definition) is 3. The molecular formula is C15H22ClFN2OS. The molecular weight excluding hydrogens is 311 g/mol. The summed E-state index contributed by atoms with van der Waals surface area (Å²) in [6, 6.07) is 6.98. The molecule has 1 aromatic rings. The monoisotopic (exact) mass is 332 g/mol. The van der Waals surface area contributed by atoms with Gasteiger partial charge in [0.1, 0.15) is 5.82 Å². The lowest BCUT2D eigenvalue weighted by atomic mass is 10.1. The highest BCUT2D eigenvalue weighted by Gasteiger charge is 2.27. The third-order valence-electron chi connectivity index (χ3n) is 3.75. The summed E-state index contributed by atoms with van der Waals surface area (Å²) in [6.07, 6.45) is 0.527. The standard InChI is InChI=1S/C15H21FN2OS.ClH/c1-11-12(2)18(9-8-17-11)15(19)7-10-20-14-5-3-13(16)4-6-14;/h3-6,11-12,17H,7-10H2,1-2H3;1H. The summed E-state index contributed by atoms with van der Waals surface area (Å²) in [6.45, 7) is 5.84. The zero-order valence-corrected chi connectivity index (χ0v) is 14.0. The van der Waals surface area contributed by atoms with Crippen molar-refractivity contribution in [2.45, 2.75) is 37.2 Å². The van der Waals surface area contributed by atoms with Gasteiger partial charge in [0, 0.05) is 42.2 Å². The minimum Gasteiger partial charge on any atom is -0.337 e. The Hall–Kier alpha value is -0.780. The first kappa shape index (κ1) is 18.3. The SMILES string of the molecule is CC1NCCN(C(=O)CCSc2ccc(F)cc2)C1C.Cl. The lowest BCUT2D eigenvalue weighted by Crippen LogP contribution is -2.57. The summed E-state index contributed by atoms with van der Waals surface area (Å²) in [5.41, 5.74) is 0. The maximum Gasteiger partial charge on any atom is 0.223 e. The lowest BCUT2D eigenvalue weighted by molar-refractivity contribution is -0.134. The van der Waals surface area contributed by atoms with Crippen LogP contribution in [0.25, 0.3) is 0 Å². The van der Waals surface area contributed by atoms with E-state index in [0.29, 0.717) is 12.5 Å². The van der Waals surface area contributed by atoms with Crippen LogP contribution in [0.2, 0.25) is 0 Å². The summed E-state index contributed by atoms with van der Waals surface area (Å²) >= 11 is 1.59. The molecule has 0 aromatic heterocycles. The van der Waals surface area contributed by atoms with E-state index in [1.165, 1.54) is 12.1 Å². The number of piperazine rings is 1. The Balaban J connectivity index is 0.00000220. The van der Waals surface area contributed by atoms with Crippen LogP contribution in [0.3, 0.4) is 0 Å². The summed E-state index contributed by atoms with van der Waals surface area (Å²) in [4.78, 5) is 15.2. The Bertz CT molecular complexity index is 457. The van der Waals surface area contributed by atoms with E-state index in [1.807, 2.05) is 4.90 Å². The van der Waals surface area contributed by atoms with Gasteiger partial charge in [-0.1, -0.05) is 0 Å². The molecule has 0 bridgehead atoms. The number of benzene rings is 1. The van der Waals surface area contributed by atoms with E-state index in [1.54, 1.807) is 23.9 Å². The van der Waals surface area contributed by atoms with Gasteiger partial charge in [-0.3, -0.25) is 4.79 Å². The van der Waals surface area contributed by atoms with Crippen LogP contribution in [-0.2, 0) is 4.79 Å². The van der Waals surface area contributed by atoms with Crippen molar-refractivity contribution in [3.8, 4) is 0 Å². The zero-order valence-electron chi connectivity index (χ0n) is 12.3. The van der Waals surface area contributed by atoms with E-state index < -0.39 is 0 Å².